The Labute approximate surface area is 87.0 Å². The van der Waals surface area contributed by atoms with E-state index >= 15 is 0 Å². The number of hydrogen-bond acceptors (Lipinski definition) is 2. The van der Waals surface area contributed by atoms with E-state index in [1.807, 2.05) is 6.92 Å². The van der Waals surface area contributed by atoms with Crippen LogP contribution in [0.4, 0.5) is 0 Å². The van der Waals surface area contributed by atoms with Crippen molar-refractivity contribution in [3.63, 3.8) is 0 Å². The molecule has 0 bridgehead atoms. The van der Waals surface area contributed by atoms with Crippen molar-refractivity contribution in [3.8, 4) is 0 Å². The van der Waals surface area contributed by atoms with Crippen molar-refractivity contribution in [1.29, 1.82) is 0 Å². The third-order valence-electron chi connectivity index (χ3n) is 2.93. The summed E-state index contributed by atoms with van der Waals surface area (Å²) in [5.74, 6) is 0.619. The van der Waals surface area contributed by atoms with Crippen LogP contribution < -0.4 is 0 Å². The second-order valence-electron chi connectivity index (χ2n) is 5.38. The summed E-state index contributed by atoms with van der Waals surface area (Å²) in [6.45, 7) is 8.61. The van der Waals surface area contributed by atoms with Gasteiger partial charge in [0.05, 0.1) is 0 Å². The summed E-state index contributed by atoms with van der Waals surface area (Å²) < 4.78 is 5.41. The molecule has 0 aromatic heterocycles. The van der Waals surface area contributed by atoms with Crippen LogP contribution in [0.1, 0.15) is 53.4 Å². The fraction of sp³-hybridized carbons (Fsp3) is 0.917. The standard InChI is InChI=1S/C12H22O2/c1-5-11(13)14-10-6-9(2)7-12(3,4)8-10/h9-10H,5-8H2,1-4H3/t9-,10+/m1/s1. The summed E-state index contributed by atoms with van der Waals surface area (Å²) >= 11 is 0. The van der Waals surface area contributed by atoms with Crippen LogP contribution in [0.5, 0.6) is 0 Å². The molecule has 82 valence electrons. The van der Waals surface area contributed by atoms with Gasteiger partial charge in [0.2, 0.25) is 0 Å². The van der Waals surface area contributed by atoms with Crippen molar-refractivity contribution >= 4 is 5.97 Å². The van der Waals surface area contributed by atoms with Gasteiger partial charge in [0.1, 0.15) is 6.10 Å². The summed E-state index contributed by atoms with van der Waals surface area (Å²) in [5, 5.41) is 0. The van der Waals surface area contributed by atoms with Crippen LogP contribution in [0.25, 0.3) is 0 Å². The van der Waals surface area contributed by atoms with E-state index in [9.17, 15) is 4.79 Å². The zero-order valence-electron chi connectivity index (χ0n) is 9.80. The average molecular weight is 198 g/mol. The van der Waals surface area contributed by atoms with Gasteiger partial charge in [0.15, 0.2) is 0 Å². The van der Waals surface area contributed by atoms with E-state index in [0.717, 1.165) is 12.8 Å². The number of hydrogen-bond donors (Lipinski definition) is 0. The molecular formula is C12H22O2. The van der Waals surface area contributed by atoms with Gasteiger partial charge in [0.25, 0.3) is 0 Å². The summed E-state index contributed by atoms with van der Waals surface area (Å²) in [4.78, 5) is 11.2. The Morgan fingerprint density at radius 1 is 1.43 bits per heavy atom. The van der Waals surface area contributed by atoms with Gasteiger partial charge in [0, 0.05) is 6.42 Å². The predicted octanol–water partition coefficient (Wildman–Crippen LogP) is 3.15. The predicted molar refractivity (Wildman–Crippen MR) is 57.0 cm³/mol. The van der Waals surface area contributed by atoms with Crippen LogP contribution in [-0.4, -0.2) is 12.1 Å². The molecule has 1 aliphatic carbocycles. The van der Waals surface area contributed by atoms with Crippen LogP contribution in [-0.2, 0) is 9.53 Å². The second kappa shape index (κ2) is 4.33. The molecule has 0 amide bonds. The third-order valence-corrected chi connectivity index (χ3v) is 2.93. The molecule has 0 aromatic carbocycles. The van der Waals surface area contributed by atoms with E-state index in [0.29, 0.717) is 17.8 Å². The lowest BCUT2D eigenvalue weighted by molar-refractivity contribution is -0.153. The molecule has 0 aliphatic heterocycles. The first-order chi connectivity index (χ1) is 6.43. The Kier molecular flexibility index (Phi) is 3.57. The molecule has 0 heterocycles. The lowest BCUT2D eigenvalue weighted by Gasteiger charge is -2.38. The smallest absolute Gasteiger partial charge is 0.305 e. The summed E-state index contributed by atoms with van der Waals surface area (Å²) in [6.07, 6.45) is 3.94. The van der Waals surface area contributed by atoms with Crippen molar-refractivity contribution in [2.24, 2.45) is 11.3 Å². The number of esters is 1. The van der Waals surface area contributed by atoms with E-state index in [2.05, 4.69) is 20.8 Å². The molecule has 0 saturated heterocycles. The highest BCUT2D eigenvalue weighted by Crippen LogP contribution is 2.39. The van der Waals surface area contributed by atoms with Crippen LogP contribution in [0.3, 0.4) is 0 Å². The maximum atomic E-state index is 11.2. The molecule has 1 saturated carbocycles. The average Bonchev–Trinajstić information content (AvgIpc) is 1.99. The van der Waals surface area contributed by atoms with E-state index in [1.54, 1.807) is 0 Å². The SMILES string of the molecule is CCC(=O)O[C@H]1C[C@@H](C)CC(C)(C)C1. The van der Waals surface area contributed by atoms with Gasteiger partial charge in [-0.3, -0.25) is 4.79 Å². The molecule has 14 heavy (non-hydrogen) atoms. The number of rotatable bonds is 2. The molecular weight excluding hydrogens is 176 g/mol. The van der Waals surface area contributed by atoms with Gasteiger partial charge >= 0.3 is 5.97 Å². The molecule has 1 fully saturated rings. The summed E-state index contributed by atoms with van der Waals surface area (Å²) in [6, 6.07) is 0. The van der Waals surface area contributed by atoms with E-state index in [-0.39, 0.29) is 12.1 Å². The third kappa shape index (κ3) is 3.32. The molecule has 2 heteroatoms. The highest BCUT2D eigenvalue weighted by atomic mass is 16.5. The van der Waals surface area contributed by atoms with Gasteiger partial charge < -0.3 is 4.74 Å². The molecule has 0 aromatic rings. The molecule has 1 aliphatic rings. The summed E-state index contributed by atoms with van der Waals surface area (Å²) in [5.41, 5.74) is 0.330. The molecule has 0 N–H and O–H groups in total. The van der Waals surface area contributed by atoms with Crippen LogP contribution >= 0.6 is 0 Å². The molecule has 1 rings (SSSR count). The normalized spacial score (nSPS) is 31.1. The van der Waals surface area contributed by atoms with Gasteiger partial charge in [-0.15, -0.1) is 0 Å². The molecule has 2 atom stereocenters. The van der Waals surface area contributed by atoms with Crippen molar-refractivity contribution in [3.05, 3.63) is 0 Å². The zero-order valence-corrected chi connectivity index (χ0v) is 9.80. The topological polar surface area (TPSA) is 26.3 Å². The Hall–Kier alpha value is -0.530. The van der Waals surface area contributed by atoms with Gasteiger partial charge in [-0.2, -0.15) is 0 Å². The Bertz CT molecular complexity index is 208. The number of carbonyl (C=O) groups excluding carboxylic acids is 1. The minimum Gasteiger partial charge on any atom is -0.462 e. The fourth-order valence-corrected chi connectivity index (χ4v) is 2.62. The monoisotopic (exact) mass is 198 g/mol. The first-order valence-electron chi connectivity index (χ1n) is 5.62. The molecule has 0 spiro atoms. The maximum Gasteiger partial charge on any atom is 0.305 e. The quantitative estimate of drug-likeness (QED) is 0.637. The van der Waals surface area contributed by atoms with Crippen LogP contribution in [0, 0.1) is 11.3 Å². The fourth-order valence-electron chi connectivity index (χ4n) is 2.62. The minimum absolute atomic E-state index is 0.0556. The van der Waals surface area contributed by atoms with Crippen LogP contribution in [0.2, 0.25) is 0 Å². The van der Waals surface area contributed by atoms with Crippen molar-refractivity contribution in [2.45, 2.75) is 59.5 Å². The highest BCUT2D eigenvalue weighted by Gasteiger charge is 2.33. The second-order valence-corrected chi connectivity index (χ2v) is 5.38. The largest absolute Gasteiger partial charge is 0.462 e. The lowest BCUT2D eigenvalue weighted by Crippen LogP contribution is -2.33. The molecule has 2 nitrogen and oxygen atoms in total. The van der Waals surface area contributed by atoms with E-state index in [1.165, 1.54) is 6.42 Å². The van der Waals surface area contributed by atoms with Crippen molar-refractivity contribution < 1.29 is 9.53 Å². The van der Waals surface area contributed by atoms with Gasteiger partial charge in [-0.1, -0.05) is 27.7 Å². The lowest BCUT2D eigenvalue weighted by atomic mass is 9.71. The Morgan fingerprint density at radius 3 is 2.57 bits per heavy atom. The van der Waals surface area contributed by atoms with Crippen LogP contribution in [0.15, 0.2) is 0 Å². The van der Waals surface area contributed by atoms with Gasteiger partial charge in [-0.25, -0.2) is 0 Å². The summed E-state index contributed by atoms with van der Waals surface area (Å²) in [7, 11) is 0. The van der Waals surface area contributed by atoms with E-state index in [4.69, 9.17) is 4.74 Å². The number of carbonyl (C=O) groups is 1. The first kappa shape index (κ1) is 11.5. The Morgan fingerprint density at radius 2 is 2.07 bits per heavy atom. The molecule has 0 unspecified atom stereocenters. The van der Waals surface area contributed by atoms with Gasteiger partial charge in [-0.05, 0) is 30.6 Å². The highest BCUT2D eigenvalue weighted by molar-refractivity contribution is 5.69. The van der Waals surface area contributed by atoms with Crippen molar-refractivity contribution in [1.82, 2.24) is 0 Å². The minimum atomic E-state index is -0.0556. The van der Waals surface area contributed by atoms with Crippen molar-refractivity contribution in [2.75, 3.05) is 0 Å². The maximum absolute atomic E-state index is 11.2. The zero-order chi connectivity index (χ0) is 10.8. The molecule has 0 radical (unpaired) electrons. The Balaban J connectivity index is 2.50. The van der Waals surface area contributed by atoms with E-state index < -0.39 is 0 Å². The first-order valence-corrected chi connectivity index (χ1v) is 5.62. The number of ether oxygens (including phenoxy) is 1.